The van der Waals surface area contributed by atoms with Gasteiger partial charge in [-0.15, -0.1) is 0 Å². The molecule has 17 heavy (non-hydrogen) atoms. The number of Topliss-reactive ketones (excluding diaryl/α,β-unsaturated/α-hetero) is 1. The van der Waals surface area contributed by atoms with Crippen LogP contribution in [0.2, 0.25) is 0 Å². The fraction of sp³-hybridized carbons (Fsp3) is 0.667. The maximum Gasteiger partial charge on any atom is 0.179 e. The Kier molecular flexibility index (Phi) is 4.28. The van der Waals surface area contributed by atoms with Gasteiger partial charge < -0.3 is 5.32 Å². The van der Waals surface area contributed by atoms with Crippen molar-refractivity contribution in [3.8, 4) is 0 Å². The fourth-order valence-corrected chi connectivity index (χ4v) is 2.02. The van der Waals surface area contributed by atoms with Gasteiger partial charge >= 0.3 is 0 Å². The SMILES string of the molecule is CCCn1cc(C(=O)CN2CCNCC2)cn1. The van der Waals surface area contributed by atoms with E-state index in [1.54, 1.807) is 6.20 Å². The summed E-state index contributed by atoms with van der Waals surface area (Å²) in [6, 6.07) is 0. The van der Waals surface area contributed by atoms with Crippen LogP contribution in [0.1, 0.15) is 23.7 Å². The van der Waals surface area contributed by atoms with E-state index in [0.717, 1.165) is 44.7 Å². The van der Waals surface area contributed by atoms with Crippen molar-refractivity contribution in [1.82, 2.24) is 20.0 Å². The van der Waals surface area contributed by atoms with Crippen LogP contribution in [0.25, 0.3) is 0 Å². The number of hydrogen-bond donors (Lipinski definition) is 1. The first-order valence-electron chi connectivity index (χ1n) is 6.28. The number of ketones is 1. The van der Waals surface area contributed by atoms with E-state index in [1.807, 2.05) is 10.9 Å². The number of hydrogen-bond acceptors (Lipinski definition) is 4. The predicted octanol–water partition coefficient (Wildman–Crippen LogP) is 0.381. The number of piperazine rings is 1. The second-order valence-electron chi connectivity index (χ2n) is 4.44. The van der Waals surface area contributed by atoms with Crippen LogP contribution in [-0.2, 0) is 6.54 Å². The van der Waals surface area contributed by atoms with Gasteiger partial charge in [-0.1, -0.05) is 6.92 Å². The van der Waals surface area contributed by atoms with Gasteiger partial charge in [-0.05, 0) is 6.42 Å². The highest BCUT2D eigenvalue weighted by Crippen LogP contribution is 2.03. The zero-order valence-corrected chi connectivity index (χ0v) is 10.4. The lowest BCUT2D eigenvalue weighted by atomic mass is 10.2. The third-order valence-electron chi connectivity index (χ3n) is 2.98. The molecule has 2 heterocycles. The second-order valence-corrected chi connectivity index (χ2v) is 4.44. The summed E-state index contributed by atoms with van der Waals surface area (Å²) in [5.74, 6) is 0.175. The average Bonchev–Trinajstić information content (AvgIpc) is 2.79. The highest BCUT2D eigenvalue weighted by atomic mass is 16.1. The highest BCUT2D eigenvalue weighted by Gasteiger charge is 2.15. The van der Waals surface area contributed by atoms with E-state index in [2.05, 4.69) is 22.2 Å². The molecule has 1 aromatic heterocycles. The van der Waals surface area contributed by atoms with Crippen molar-refractivity contribution >= 4 is 5.78 Å². The fourth-order valence-electron chi connectivity index (χ4n) is 2.02. The molecule has 1 saturated heterocycles. The van der Waals surface area contributed by atoms with Crippen molar-refractivity contribution in [3.63, 3.8) is 0 Å². The van der Waals surface area contributed by atoms with Gasteiger partial charge in [-0.3, -0.25) is 14.4 Å². The van der Waals surface area contributed by atoms with Gasteiger partial charge in [-0.2, -0.15) is 5.10 Å². The molecule has 5 nitrogen and oxygen atoms in total. The van der Waals surface area contributed by atoms with Crippen LogP contribution in [0.5, 0.6) is 0 Å². The van der Waals surface area contributed by atoms with Gasteiger partial charge in [0.25, 0.3) is 0 Å². The molecule has 1 aliphatic heterocycles. The van der Waals surface area contributed by atoms with Crippen molar-refractivity contribution in [3.05, 3.63) is 18.0 Å². The molecule has 0 radical (unpaired) electrons. The molecule has 1 aliphatic rings. The quantitative estimate of drug-likeness (QED) is 0.751. The Morgan fingerprint density at radius 1 is 1.47 bits per heavy atom. The first-order chi connectivity index (χ1) is 8.29. The van der Waals surface area contributed by atoms with Gasteiger partial charge in [0.2, 0.25) is 0 Å². The second kappa shape index (κ2) is 5.93. The maximum absolute atomic E-state index is 12.0. The summed E-state index contributed by atoms with van der Waals surface area (Å²) in [5, 5.41) is 7.46. The third kappa shape index (κ3) is 3.38. The summed E-state index contributed by atoms with van der Waals surface area (Å²) in [6.45, 7) is 7.35. The van der Waals surface area contributed by atoms with Crippen LogP contribution in [0.3, 0.4) is 0 Å². The molecule has 0 amide bonds. The zero-order chi connectivity index (χ0) is 12.1. The molecule has 94 valence electrons. The minimum absolute atomic E-state index is 0.175. The summed E-state index contributed by atoms with van der Waals surface area (Å²) in [6.07, 6.45) is 4.57. The molecule has 0 atom stereocenters. The van der Waals surface area contributed by atoms with Gasteiger partial charge in [0.15, 0.2) is 5.78 Å². The largest absolute Gasteiger partial charge is 0.314 e. The number of carbonyl (C=O) groups excluding carboxylic acids is 1. The predicted molar refractivity (Wildman–Crippen MR) is 66.2 cm³/mol. The highest BCUT2D eigenvalue weighted by molar-refractivity contribution is 5.97. The van der Waals surface area contributed by atoms with Crippen LogP contribution >= 0.6 is 0 Å². The summed E-state index contributed by atoms with van der Waals surface area (Å²) < 4.78 is 1.84. The van der Waals surface area contributed by atoms with Crippen LogP contribution in [0.15, 0.2) is 12.4 Å². The molecule has 0 bridgehead atoms. The van der Waals surface area contributed by atoms with E-state index in [-0.39, 0.29) is 5.78 Å². The Morgan fingerprint density at radius 3 is 2.94 bits per heavy atom. The Hall–Kier alpha value is -1.20. The molecule has 0 unspecified atom stereocenters. The number of nitrogens with one attached hydrogen (secondary N) is 1. The number of aromatic nitrogens is 2. The van der Waals surface area contributed by atoms with E-state index >= 15 is 0 Å². The molecule has 0 aromatic carbocycles. The average molecular weight is 236 g/mol. The zero-order valence-electron chi connectivity index (χ0n) is 10.4. The lowest BCUT2D eigenvalue weighted by Crippen LogP contribution is -2.45. The molecule has 0 spiro atoms. The van der Waals surface area contributed by atoms with E-state index < -0.39 is 0 Å². The smallest absolute Gasteiger partial charge is 0.179 e. The molecule has 1 fully saturated rings. The van der Waals surface area contributed by atoms with Gasteiger partial charge in [-0.25, -0.2) is 0 Å². The van der Waals surface area contributed by atoms with E-state index in [0.29, 0.717) is 6.54 Å². The third-order valence-corrected chi connectivity index (χ3v) is 2.98. The first kappa shape index (κ1) is 12.3. The summed E-state index contributed by atoms with van der Waals surface area (Å²) in [7, 11) is 0. The normalized spacial score (nSPS) is 17.2. The monoisotopic (exact) mass is 236 g/mol. The van der Waals surface area contributed by atoms with Crippen molar-refractivity contribution in [2.75, 3.05) is 32.7 Å². The summed E-state index contributed by atoms with van der Waals surface area (Å²) >= 11 is 0. The molecule has 0 aliphatic carbocycles. The van der Waals surface area contributed by atoms with Crippen molar-refractivity contribution in [2.45, 2.75) is 19.9 Å². The minimum atomic E-state index is 0.175. The Labute approximate surface area is 102 Å². The lowest BCUT2D eigenvalue weighted by Gasteiger charge is -2.26. The number of rotatable bonds is 5. The molecular formula is C12H20N4O. The molecule has 1 aromatic rings. The molecule has 1 N–H and O–H groups in total. The topological polar surface area (TPSA) is 50.2 Å². The van der Waals surface area contributed by atoms with Crippen LogP contribution < -0.4 is 5.32 Å². The minimum Gasteiger partial charge on any atom is -0.314 e. The first-order valence-corrected chi connectivity index (χ1v) is 6.28. The van der Waals surface area contributed by atoms with Crippen LogP contribution in [-0.4, -0.2) is 53.2 Å². The number of nitrogens with zero attached hydrogens (tertiary/aromatic N) is 3. The van der Waals surface area contributed by atoms with Crippen LogP contribution in [0, 0.1) is 0 Å². The lowest BCUT2D eigenvalue weighted by molar-refractivity contribution is 0.0921. The van der Waals surface area contributed by atoms with Gasteiger partial charge in [0.05, 0.1) is 18.3 Å². The van der Waals surface area contributed by atoms with E-state index in [4.69, 9.17) is 0 Å². The van der Waals surface area contributed by atoms with Gasteiger partial charge in [0, 0.05) is 38.9 Å². The Morgan fingerprint density at radius 2 is 2.24 bits per heavy atom. The Balaban J connectivity index is 1.89. The van der Waals surface area contributed by atoms with Crippen molar-refractivity contribution in [1.29, 1.82) is 0 Å². The molecule has 0 saturated carbocycles. The summed E-state index contributed by atoms with van der Waals surface area (Å²) in [4.78, 5) is 14.2. The molecular weight excluding hydrogens is 216 g/mol. The van der Waals surface area contributed by atoms with Crippen molar-refractivity contribution in [2.24, 2.45) is 0 Å². The van der Waals surface area contributed by atoms with Crippen LogP contribution in [0.4, 0.5) is 0 Å². The maximum atomic E-state index is 12.0. The van der Waals surface area contributed by atoms with Gasteiger partial charge in [0.1, 0.15) is 0 Å². The Bertz CT molecular complexity index is 368. The van der Waals surface area contributed by atoms with Crippen molar-refractivity contribution < 1.29 is 4.79 Å². The molecule has 2 rings (SSSR count). The molecule has 5 heteroatoms. The number of aryl methyl sites for hydroxylation is 1. The van der Waals surface area contributed by atoms with E-state index in [1.165, 1.54) is 0 Å². The standard InChI is InChI=1S/C12H20N4O/c1-2-5-16-9-11(8-14-16)12(17)10-15-6-3-13-4-7-15/h8-9,13H,2-7,10H2,1H3. The number of carbonyl (C=O) groups is 1. The summed E-state index contributed by atoms with van der Waals surface area (Å²) in [5.41, 5.74) is 0.733. The van der Waals surface area contributed by atoms with E-state index in [9.17, 15) is 4.79 Å².